The molecule has 3 aromatic carbocycles. The number of rotatable bonds is 5. The lowest BCUT2D eigenvalue weighted by Crippen LogP contribution is -2.36. The van der Waals surface area contributed by atoms with Crippen molar-refractivity contribution in [2.24, 2.45) is 0 Å². The van der Waals surface area contributed by atoms with Crippen molar-refractivity contribution in [1.82, 2.24) is 4.90 Å². The largest absolute Gasteiger partial charge is 0.418 e. The molecule has 4 rings (SSSR count). The number of halogens is 3. The molecule has 9 heteroatoms. The Hall–Kier alpha value is -3.85. The lowest BCUT2D eigenvalue weighted by molar-refractivity contribution is -0.137. The number of anilines is 1. The van der Waals surface area contributed by atoms with Gasteiger partial charge in [0.05, 0.1) is 16.2 Å². The lowest BCUT2D eigenvalue weighted by Gasteiger charge is -2.15. The zero-order valence-electron chi connectivity index (χ0n) is 17.5. The Bertz CT molecular complexity index is 1270. The Morgan fingerprint density at radius 3 is 2.18 bits per heavy atom. The topological polar surface area (TPSA) is 66.5 Å². The summed E-state index contributed by atoms with van der Waals surface area (Å²) in [6.45, 7) is -0.693. The molecule has 0 unspecified atom stereocenters. The van der Waals surface area contributed by atoms with Gasteiger partial charge in [-0.2, -0.15) is 13.2 Å². The molecule has 3 amide bonds. The number of carbonyl (C=O) groups is 3. The molecule has 0 radical (unpaired) electrons. The Kier molecular flexibility index (Phi) is 6.56. The molecule has 3 aromatic rings. The second-order valence-electron chi connectivity index (χ2n) is 7.35. The molecule has 1 fully saturated rings. The molecule has 1 aliphatic heterocycles. The molecule has 0 spiro atoms. The van der Waals surface area contributed by atoms with E-state index in [4.69, 9.17) is 0 Å². The van der Waals surface area contributed by atoms with Crippen LogP contribution in [0, 0.1) is 0 Å². The standard InChI is InChI=1S/C25H17F3N2O3S/c26-25(27,28)19-8-4-5-9-20(19)29-22(31)15-30-23(32)21(34-24(30)33)14-16-10-12-18(13-11-16)17-6-2-1-3-7-17/h1-14H,15H2,(H,29,31)/b21-14-. The number of hydrogen-bond acceptors (Lipinski definition) is 4. The summed E-state index contributed by atoms with van der Waals surface area (Å²) in [5.41, 5.74) is 1.25. The van der Waals surface area contributed by atoms with Crippen molar-refractivity contribution < 1.29 is 27.6 Å². The second-order valence-corrected chi connectivity index (χ2v) is 8.34. The van der Waals surface area contributed by atoms with E-state index in [1.165, 1.54) is 18.2 Å². The molecule has 1 heterocycles. The third-order valence-electron chi connectivity index (χ3n) is 5.00. The van der Waals surface area contributed by atoms with E-state index < -0.39 is 41.0 Å². The third-order valence-corrected chi connectivity index (χ3v) is 5.90. The maximum atomic E-state index is 13.1. The maximum absolute atomic E-state index is 13.1. The summed E-state index contributed by atoms with van der Waals surface area (Å²) in [6, 6.07) is 21.6. The number of alkyl halides is 3. The summed E-state index contributed by atoms with van der Waals surface area (Å²) in [6.07, 6.45) is -3.12. The number of para-hydroxylation sites is 1. The van der Waals surface area contributed by atoms with Crippen molar-refractivity contribution in [2.45, 2.75) is 6.18 Å². The van der Waals surface area contributed by atoms with Crippen LogP contribution in [-0.2, 0) is 15.8 Å². The first kappa shape index (κ1) is 23.3. The van der Waals surface area contributed by atoms with Gasteiger partial charge < -0.3 is 5.32 Å². The first-order valence-corrected chi connectivity index (χ1v) is 10.9. The van der Waals surface area contributed by atoms with E-state index in [0.717, 1.165) is 23.3 Å². The predicted octanol–water partition coefficient (Wildman–Crippen LogP) is 6.05. The molecule has 5 nitrogen and oxygen atoms in total. The molecular weight excluding hydrogens is 465 g/mol. The zero-order valence-corrected chi connectivity index (χ0v) is 18.3. The van der Waals surface area contributed by atoms with Crippen LogP contribution in [0.5, 0.6) is 0 Å². The monoisotopic (exact) mass is 482 g/mol. The minimum absolute atomic E-state index is 0.126. The summed E-state index contributed by atoms with van der Waals surface area (Å²) in [4.78, 5) is 38.1. The molecule has 0 aliphatic carbocycles. The molecule has 172 valence electrons. The molecule has 1 N–H and O–H groups in total. The number of thioether (sulfide) groups is 1. The van der Waals surface area contributed by atoms with Gasteiger partial charge in [0.2, 0.25) is 5.91 Å². The highest BCUT2D eigenvalue weighted by Crippen LogP contribution is 2.35. The molecule has 0 bridgehead atoms. The Labute approximate surface area is 197 Å². The van der Waals surface area contributed by atoms with E-state index in [1.54, 1.807) is 12.1 Å². The smallest absolute Gasteiger partial charge is 0.324 e. The van der Waals surface area contributed by atoms with E-state index in [0.29, 0.717) is 22.2 Å². The first-order valence-electron chi connectivity index (χ1n) is 10.1. The van der Waals surface area contributed by atoms with E-state index >= 15 is 0 Å². The van der Waals surface area contributed by atoms with E-state index in [9.17, 15) is 27.6 Å². The predicted molar refractivity (Wildman–Crippen MR) is 125 cm³/mol. The number of imide groups is 1. The summed E-state index contributed by atoms with van der Waals surface area (Å²) in [5, 5.41) is 1.47. The SMILES string of the molecule is O=C(CN1C(=O)S/C(=C\c2ccc(-c3ccccc3)cc2)C1=O)Nc1ccccc1C(F)(F)F. The highest BCUT2D eigenvalue weighted by Gasteiger charge is 2.37. The van der Waals surface area contributed by atoms with Gasteiger partial charge in [0, 0.05) is 0 Å². The van der Waals surface area contributed by atoms with Crippen molar-refractivity contribution in [3.8, 4) is 11.1 Å². The van der Waals surface area contributed by atoms with Gasteiger partial charge in [0.1, 0.15) is 6.54 Å². The average molecular weight is 482 g/mol. The van der Waals surface area contributed by atoms with Crippen molar-refractivity contribution in [2.75, 3.05) is 11.9 Å². The van der Waals surface area contributed by atoms with Gasteiger partial charge in [0.25, 0.3) is 11.1 Å². The second kappa shape index (κ2) is 9.56. The third kappa shape index (κ3) is 5.20. The number of benzene rings is 3. The van der Waals surface area contributed by atoms with Crippen LogP contribution in [0.3, 0.4) is 0 Å². The van der Waals surface area contributed by atoms with Crippen molar-refractivity contribution in [3.63, 3.8) is 0 Å². The number of nitrogens with zero attached hydrogens (tertiary/aromatic N) is 1. The minimum atomic E-state index is -4.66. The molecule has 0 aromatic heterocycles. The number of hydrogen-bond donors (Lipinski definition) is 1. The number of amides is 3. The molecule has 34 heavy (non-hydrogen) atoms. The van der Waals surface area contributed by atoms with Gasteiger partial charge in [-0.15, -0.1) is 0 Å². The average Bonchev–Trinajstić information content (AvgIpc) is 3.07. The van der Waals surface area contributed by atoms with Crippen LogP contribution in [0.15, 0.2) is 83.8 Å². The van der Waals surface area contributed by atoms with E-state index in [-0.39, 0.29) is 4.91 Å². The summed E-state index contributed by atoms with van der Waals surface area (Å²) in [5.74, 6) is -1.59. The first-order chi connectivity index (χ1) is 16.2. The van der Waals surface area contributed by atoms with Gasteiger partial charge in [-0.3, -0.25) is 19.3 Å². The minimum Gasteiger partial charge on any atom is -0.324 e. The van der Waals surface area contributed by atoms with Crippen LogP contribution in [0.1, 0.15) is 11.1 Å². The fraction of sp³-hybridized carbons (Fsp3) is 0.0800. The Morgan fingerprint density at radius 1 is 0.882 bits per heavy atom. The van der Waals surface area contributed by atoms with Crippen LogP contribution in [0.25, 0.3) is 17.2 Å². The normalized spacial score (nSPS) is 15.1. The van der Waals surface area contributed by atoms with Crippen LogP contribution >= 0.6 is 11.8 Å². The fourth-order valence-corrected chi connectivity index (χ4v) is 4.20. The quantitative estimate of drug-likeness (QED) is 0.450. The van der Waals surface area contributed by atoms with Crippen molar-refractivity contribution >= 4 is 40.6 Å². The van der Waals surface area contributed by atoms with Crippen molar-refractivity contribution in [3.05, 3.63) is 94.9 Å². The molecule has 1 saturated heterocycles. The maximum Gasteiger partial charge on any atom is 0.418 e. The van der Waals surface area contributed by atoms with Crippen LogP contribution in [-0.4, -0.2) is 28.5 Å². The summed E-state index contributed by atoms with van der Waals surface area (Å²) in [7, 11) is 0. The van der Waals surface area contributed by atoms with Gasteiger partial charge in [-0.25, -0.2) is 0 Å². The highest BCUT2D eigenvalue weighted by molar-refractivity contribution is 8.18. The summed E-state index contributed by atoms with van der Waals surface area (Å²) < 4.78 is 39.4. The lowest BCUT2D eigenvalue weighted by atomic mass is 10.0. The van der Waals surface area contributed by atoms with Crippen molar-refractivity contribution in [1.29, 1.82) is 0 Å². The van der Waals surface area contributed by atoms with E-state index in [1.807, 2.05) is 42.5 Å². The van der Waals surface area contributed by atoms with Crippen LogP contribution in [0.2, 0.25) is 0 Å². The summed E-state index contributed by atoms with van der Waals surface area (Å²) >= 11 is 0.671. The van der Waals surface area contributed by atoms with Gasteiger partial charge in [0.15, 0.2) is 0 Å². The van der Waals surface area contributed by atoms with Gasteiger partial charge >= 0.3 is 6.18 Å². The zero-order chi connectivity index (χ0) is 24.3. The van der Waals surface area contributed by atoms with Crippen LogP contribution in [0.4, 0.5) is 23.7 Å². The molecular formula is C25H17F3N2O3S. The molecule has 0 atom stereocenters. The van der Waals surface area contributed by atoms with Gasteiger partial charge in [-0.1, -0.05) is 66.7 Å². The Morgan fingerprint density at radius 2 is 1.50 bits per heavy atom. The number of carbonyl (C=O) groups excluding carboxylic acids is 3. The van der Waals surface area contributed by atoms with Crippen LogP contribution < -0.4 is 5.32 Å². The molecule has 0 saturated carbocycles. The fourth-order valence-electron chi connectivity index (χ4n) is 3.36. The number of nitrogens with one attached hydrogen (secondary N) is 1. The van der Waals surface area contributed by atoms with E-state index in [2.05, 4.69) is 5.32 Å². The van der Waals surface area contributed by atoms with Gasteiger partial charge in [-0.05, 0) is 46.7 Å². The Balaban J connectivity index is 1.45. The molecule has 1 aliphatic rings. The highest BCUT2D eigenvalue weighted by atomic mass is 32.2.